The van der Waals surface area contributed by atoms with Crippen LogP contribution >= 0.6 is 0 Å². The van der Waals surface area contributed by atoms with Gasteiger partial charge in [0.05, 0.1) is 25.8 Å². The lowest BCUT2D eigenvalue weighted by molar-refractivity contribution is -0.127. The van der Waals surface area contributed by atoms with Crippen LogP contribution in [0.4, 0.5) is 5.69 Å². The first-order valence-corrected chi connectivity index (χ1v) is 14.2. The zero-order valence-electron chi connectivity index (χ0n) is 24.6. The fourth-order valence-corrected chi connectivity index (χ4v) is 5.35. The number of fused-ring (bicyclic) bond motifs is 1. The number of nitrogens with zero attached hydrogens (tertiary/aromatic N) is 8. The molecular formula is C30H31N9O6. The van der Waals surface area contributed by atoms with Gasteiger partial charge in [0.15, 0.2) is 11.5 Å². The molecule has 2 aromatic heterocycles. The van der Waals surface area contributed by atoms with Gasteiger partial charge in [0.25, 0.3) is 0 Å². The summed E-state index contributed by atoms with van der Waals surface area (Å²) in [6, 6.07) is 15.6. The SMILES string of the molecule is COc1cc(C(C(=O)NCC2CCCO2)N(C(=O)Cn2nnc3ccccc32)c2ccc(-n3cnnn3)c(OC)c2)ccc1O. The van der Waals surface area contributed by atoms with E-state index in [1.165, 1.54) is 46.9 Å². The van der Waals surface area contributed by atoms with Gasteiger partial charge in [0.1, 0.15) is 35.9 Å². The Kier molecular flexibility index (Phi) is 8.50. The van der Waals surface area contributed by atoms with Crippen molar-refractivity contribution in [3.63, 3.8) is 0 Å². The van der Waals surface area contributed by atoms with Crippen molar-refractivity contribution in [1.82, 2.24) is 40.5 Å². The molecule has 15 nitrogen and oxygen atoms in total. The van der Waals surface area contributed by atoms with Gasteiger partial charge in [-0.25, -0.2) is 4.68 Å². The molecule has 6 rings (SSSR count). The van der Waals surface area contributed by atoms with Crippen LogP contribution in [0.15, 0.2) is 67.0 Å². The average molecular weight is 614 g/mol. The normalized spacial score (nSPS) is 15.1. The van der Waals surface area contributed by atoms with Crippen LogP contribution in [0, 0.1) is 0 Å². The lowest BCUT2D eigenvalue weighted by atomic mass is 10.0. The number of rotatable bonds is 11. The van der Waals surface area contributed by atoms with Gasteiger partial charge < -0.3 is 24.6 Å². The van der Waals surface area contributed by atoms with E-state index in [1.54, 1.807) is 30.3 Å². The second kappa shape index (κ2) is 13.0. The summed E-state index contributed by atoms with van der Waals surface area (Å²) in [7, 11) is 2.89. The Morgan fingerprint density at radius 2 is 1.93 bits per heavy atom. The molecule has 0 saturated carbocycles. The molecule has 3 aromatic carbocycles. The lowest BCUT2D eigenvalue weighted by Gasteiger charge is -2.32. The number of carbonyl (C=O) groups is 2. The molecule has 2 unspecified atom stereocenters. The fraction of sp³-hybridized carbons (Fsp3) is 0.300. The van der Waals surface area contributed by atoms with E-state index in [-0.39, 0.29) is 30.7 Å². The number of benzene rings is 3. The molecule has 1 saturated heterocycles. The molecule has 1 aliphatic heterocycles. The number of hydrogen-bond donors (Lipinski definition) is 2. The molecule has 45 heavy (non-hydrogen) atoms. The summed E-state index contributed by atoms with van der Waals surface area (Å²) in [5.74, 6) is -0.541. The summed E-state index contributed by atoms with van der Waals surface area (Å²) in [5, 5.41) is 33.0. The number of phenols is 1. The molecule has 1 fully saturated rings. The van der Waals surface area contributed by atoms with Crippen molar-refractivity contribution < 1.29 is 28.9 Å². The van der Waals surface area contributed by atoms with Gasteiger partial charge in [-0.3, -0.25) is 14.5 Å². The average Bonchev–Trinajstić information content (AvgIpc) is 3.86. The summed E-state index contributed by atoms with van der Waals surface area (Å²) in [5.41, 5.74) is 2.55. The predicted molar refractivity (Wildman–Crippen MR) is 160 cm³/mol. The van der Waals surface area contributed by atoms with Gasteiger partial charge in [-0.15, -0.1) is 10.2 Å². The molecule has 1 aliphatic rings. The van der Waals surface area contributed by atoms with Crippen LogP contribution < -0.4 is 19.7 Å². The Morgan fingerprint density at radius 3 is 2.69 bits per heavy atom. The van der Waals surface area contributed by atoms with Gasteiger partial charge in [-0.05, 0) is 65.2 Å². The Bertz CT molecular complexity index is 1800. The van der Waals surface area contributed by atoms with Crippen molar-refractivity contribution in [2.75, 3.05) is 32.3 Å². The molecule has 0 spiro atoms. The fourth-order valence-electron chi connectivity index (χ4n) is 5.35. The molecule has 0 aliphatic carbocycles. The van der Waals surface area contributed by atoms with Crippen LogP contribution in [0.2, 0.25) is 0 Å². The van der Waals surface area contributed by atoms with Gasteiger partial charge in [0, 0.05) is 24.9 Å². The number of anilines is 1. The summed E-state index contributed by atoms with van der Waals surface area (Å²) in [6.07, 6.45) is 3.00. The van der Waals surface area contributed by atoms with Crippen molar-refractivity contribution in [3.05, 3.63) is 72.6 Å². The van der Waals surface area contributed by atoms with Crippen molar-refractivity contribution >= 4 is 28.5 Å². The van der Waals surface area contributed by atoms with Crippen LogP contribution in [0.5, 0.6) is 17.2 Å². The lowest BCUT2D eigenvalue weighted by Crippen LogP contribution is -2.46. The topological polar surface area (TPSA) is 172 Å². The van der Waals surface area contributed by atoms with Gasteiger partial charge in [-0.2, -0.15) is 4.68 Å². The predicted octanol–water partition coefficient (Wildman–Crippen LogP) is 2.20. The minimum atomic E-state index is -1.20. The molecule has 3 heterocycles. The standard InChI is InChI=1S/C30H31N9O6/c1-43-26-15-20(10-11-24(26)38-18-32-34-36-38)39(28(41)17-37-23-8-4-3-7-22(23)33-35-37)29(19-9-12-25(40)27(14-19)44-2)30(42)31-16-21-6-5-13-45-21/h3-4,7-12,14-15,18,21,29,40H,5-6,13,16-17H2,1-2H3,(H,31,42). The first kappa shape index (κ1) is 29.5. The second-order valence-corrected chi connectivity index (χ2v) is 10.3. The summed E-state index contributed by atoms with van der Waals surface area (Å²) in [6.45, 7) is 0.660. The first-order chi connectivity index (χ1) is 22.0. The zero-order valence-corrected chi connectivity index (χ0v) is 24.6. The maximum absolute atomic E-state index is 14.4. The van der Waals surface area contributed by atoms with Crippen LogP contribution in [-0.4, -0.2) is 85.6 Å². The van der Waals surface area contributed by atoms with E-state index in [1.807, 2.05) is 18.2 Å². The highest BCUT2D eigenvalue weighted by molar-refractivity contribution is 6.02. The summed E-state index contributed by atoms with van der Waals surface area (Å²) in [4.78, 5) is 30.0. The largest absolute Gasteiger partial charge is 0.504 e. The molecule has 15 heteroatoms. The molecule has 0 bridgehead atoms. The maximum Gasteiger partial charge on any atom is 0.249 e. The quantitative estimate of drug-likeness (QED) is 0.224. The number of tetrazole rings is 1. The van der Waals surface area contributed by atoms with Crippen molar-refractivity contribution in [3.8, 4) is 22.9 Å². The number of methoxy groups -OCH3 is 2. The van der Waals surface area contributed by atoms with Crippen molar-refractivity contribution in [2.45, 2.75) is 31.5 Å². The molecule has 2 amide bonds. The van der Waals surface area contributed by atoms with E-state index >= 15 is 0 Å². The smallest absolute Gasteiger partial charge is 0.249 e. The van der Waals surface area contributed by atoms with Crippen LogP contribution in [0.25, 0.3) is 16.7 Å². The van der Waals surface area contributed by atoms with Crippen LogP contribution in [0.1, 0.15) is 24.4 Å². The van der Waals surface area contributed by atoms with E-state index in [0.717, 1.165) is 12.8 Å². The second-order valence-electron chi connectivity index (χ2n) is 10.3. The van der Waals surface area contributed by atoms with Gasteiger partial charge in [-0.1, -0.05) is 23.4 Å². The highest BCUT2D eigenvalue weighted by atomic mass is 16.5. The number of para-hydroxylation sites is 1. The van der Waals surface area contributed by atoms with Gasteiger partial charge >= 0.3 is 0 Å². The molecular weight excluding hydrogens is 582 g/mol. The number of amides is 2. The summed E-state index contributed by atoms with van der Waals surface area (Å²) < 4.78 is 19.7. The number of aromatic hydroxyl groups is 1. The number of carbonyl (C=O) groups excluding carboxylic acids is 2. The van der Waals surface area contributed by atoms with E-state index in [0.29, 0.717) is 40.3 Å². The number of aromatic nitrogens is 7. The highest BCUT2D eigenvalue weighted by Crippen LogP contribution is 2.36. The molecule has 0 radical (unpaired) electrons. The minimum Gasteiger partial charge on any atom is -0.504 e. The third-order valence-electron chi connectivity index (χ3n) is 7.57. The van der Waals surface area contributed by atoms with Crippen LogP contribution in [-0.2, 0) is 20.9 Å². The van der Waals surface area contributed by atoms with E-state index in [4.69, 9.17) is 14.2 Å². The van der Waals surface area contributed by atoms with E-state index < -0.39 is 17.9 Å². The Labute approximate surface area is 257 Å². The number of nitrogens with one attached hydrogen (secondary N) is 1. The highest BCUT2D eigenvalue weighted by Gasteiger charge is 2.35. The molecule has 232 valence electrons. The maximum atomic E-state index is 14.4. The van der Waals surface area contributed by atoms with Crippen LogP contribution in [0.3, 0.4) is 0 Å². The Hall–Kier alpha value is -5.57. The zero-order chi connectivity index (χ0) is 31.3. The molecule has 5 aromatic rings. The minimum absolute atomic E-state index is 0.112. The third kappa shape index (κ3) is 6.10. The number of phenolic OH excluding ortho intramolecular Hbond substituents is 1. The van der Waals surface area contributed by atoms with E-state index in [9.17, 15) is 14.7 Å². The number of ether oxygens (including phenoxy) is 3. The summed E-state index contributed by atoms with van der Waals surface area (Å²) >= 11 is 0. The van der Waals surface area contributed by atoms with E-state index in [2.05, 4.69) is 31.2 Å². The first-order valence-electron chi connectivity index (χ1n) is 14.2. The van der Waals surface area contributed by atoms with Crippen molar-refractivity contribution in [1.29, 1.82) is 0 Å². The Balaban J connectivity index is 1.46. The third-order valence-corrected chi connectivity index (χ3v) is 7.57. The van der Waals surface area contributed by atoms with Gasteiger partial charge in [0.2, 0.25) is 11.8 Å². The van der Waals surface area contributed by atoms with Crippen molar-refractivity contribution in [2.24, 2.45) is 0 Å². The Morgan fingerprint density at radius 1 is 1.09 bits per heavy atom. The number of hydrogen-bond acceptors (Lipinski definition) is 11. The molecule has 2 atom stereocenters. The monoisotopic (exact) mass is 613 g/mol. The molecule has 2 N–H and O–H groups in total.